The Kier molecular flexibility index (Phi) is 4.71. The van der Waals surface area contributed by atoms with Crippen LogP contribution < -0.4 is 0 Å². The summed E-state index contributed by atoms with van der Waals surface area (Å²) in [5.74, 6) is -0.930. The number of phenolic OH excluding ortho intramolecular Hbond substituents is 1. The van der Waals surface area contributed by atoms with Gasteiger partial charge in [-0.25, -0.2) is 0 Å². The molecule has 0 aromatic heterocycles. The Morgan fingerprint density at radius 3 is 2.37 bits per heavy atom. The summed E-state index contributed by atoms with van der Waals surface area (Å²) in [7, 11) is 0. The van der Waals surface area contributed by atoms with Crippen molar-refractivity contribution in [3.8, 4) is 5.75 Å². The van der Waals surface area contributed by atoms with Crippen LogP contribution in [0.1, 0.15) is 5.56 Å². The summed E-state index contributed by atoms with van der Waals surface area (Å²) in [6.07, 6.45) is -0.174. The Labute approximate surface area is 128 Å². The molecular weight excluding hydrogens is 375 g/mol. The molecule has 0 saturated carbocycles. The Morgan fingerprint density at radius 1 is 1.11 bits per heavy atom. The third-order valence-corrected chi connectivity index (χ3v) is 4.16. The molecule has 0 amide bonds. The van der Waals surface area contributed by atoms with E-state index in [1.807, 2.05) is 24.3 Å². The number of phenols is 1. The lowest BCUT2D eigenvalue weighted by atomic mass is 10.1. The SMILES string of the molecule is O=C(O)Cc1cc(Sc2ccc(I)cc2)ccc1O. The number of carbonyl (C=O) groups is 1. The molecule has 5 heteroatoms. The van der Waals surface area contributed by atoms with E-state index < -0.39 is 5.97 Å². The largest absolute Gasteiger partial charge is 0.508 e. The number of aliphatic carboxylic acids is 1. The molecule has 0 unspecified atom stereocenters. The van der Waals surface area contributed by atoms with Crippen LogP contribution in [-0.2, 0) is 11.2 Å². The van der Waals surface area contributed by atoms with Gasteiger partial charge in [0, 0.05) is 18.9 Å². The monoisotopic (exact) mass is 386 g/mol. The van der Waals surface area contributed by atoms with Gasteiger partial charge in [0.25, 0.3) is 0 Å². The summed E-state index contributed by atoms with van der Waals surface area (Å²) in [5.41, 5.74) is 0.433. The zero-order chi connectivity index (χ0) is 13.8. The van der Waals surface area contributed by atoms with Crippen molar-refractivity contribution in [1.29, 1.82) is 0 Å². The van der Waals surface area contributed by atoms with Gasteiger partial charge in [-0.3, -0.25) is 4.79 Å². The lowest BCUT2D eigenvalue weighted by molar-refractivity contribution is -0.136. The van der Waals surface area contributed by atoms with Crippen LogP contribution in [0.2, 0.25) is 0 Å². The summed E-state index contributed by atoms with van der Waals surface area (Å²) in [5, 5.41) is 18.4. The molecule has 0 heterocycles. The van der Waals surface area contributed by atoms with Gasteiger partial charge in [0.2, 0.25) is 0 Å². The Hall–Kier alpha value is -1.21. The van der Waals surface area contributed by atoms with E-state index in [0.717, 1.165) is 9.79 Å². The number of hydrogen-bond acceptors (Lipinski definition) is 3. The van der Waals surface area contributed by atoms with E-state index in [1.165, 1.54) is 21.4 Å². The van der Waals surface area contributed by atoms with Crippen LogP contribution >= 0.6 is 34.4 Å². The fourth-order valence-corrected chi connectivity index (χ4v) is 2.81. The number of carboxylic acids is 1. The van der Waals surface area contributed by atoms with E-state index in [0.29, 0.717) is 5.56 Å². The lowest BCUT2D eigenvalue weighted by Crippen LogP contribution is -2.00. The quantitative estimate of drug-likeness (QED) is 0.786. The number of halogens is 1. The van der Waals surface area contributed by atoms with Crippen molar-refractivity contribution < 1.29 is 15.0 Å². The highest BCUT2D eigenvalue weighted by Gasteiger charge is 2.08. The minimum atomic E-state index is -0.952. The third kappa shape index (κ3) is 4.14. The van der Waals surface area contributed by atoms with E-state index >= 15 is 0 Å². The van der Waals surface area contributed by atoms with Crippen LogP contribution in [0.4, 0.5) is 0 Å². The maximum atomic E-state index is 10.7. The van der Waals surface area contributed by atoms with Crippen molar-refractivity contribution in [2.75, 3.05) is 0 Å². The highest BCUT2D eigenvalue weighted by molar-refractivity contribution is 14.1. The Morgan fingerprint density at radius 2 is 1.74 bits per heavy atom. The van der Waals surface area contributed by atoms with Gasteiger partial charge in [0.05, 0.1) is 6.42 Å². The average Bonchev–Trinajstić information content (AvgIpc) is 2.36. The van der Waals surface area contributed by atoms with Crippen LogP contribution in [0.25, 0.3) is 0 Å². The number of rotatable bonds is 4. The summed E-state index contributed by atoms with van der Waals surface area (Å²) in [6, 6.07) is 13.1. The molecule has 0 aliphatic rings. The zero-order valence-electron chi connectivity index (χ0n) is 9.84. The maximum Gasteiger partial charge on any atom is 0.307 e. The minimum Gasteiger partial charge on any atom is -0.508 e. The van der Waals surface area contributed by atoms with E-state index in [9.17, 15) is 9.90 Å². The van der Waals surface area contributed by atoms with Gasteiger partial charge in [-0.1, -0.05) is 11.8 Å². The molecule has 2 rings (SSSR count). The van der Waals surface area contributed by atoms with Crippen LogP contribution in [0.3, 0.4) is 0 Å². The second-order valence-electron chi connectivity index (χ2n) is 3.92. The molecular formula is C14H11IO3S. The number of benzene rings is 2. The van der Waals surface area contributed by atoms with E-state index in [1.54, 1.807) is 12.1 Å². The second kappa shape index (κ2) is 6.29. The third-order valence-electron chi connectivity index (χ3n) is 2.44. The molecule has 98 valence electrons. The molecule has 0 atom stereocenters. The van der Waals surface area contributed by atoms with Gasteiger partial charge in [0.15, 0.2) is 0 Å². The van der Waals surface area contributed by atoms with Gasteiger partial charge >= 0.3 is 5.97 Å². The highest BCUT2D eigenvalue weighted by atomic mass is 127. The minimum absolute atomic E-state index is 0.0226. The highest BCUT2D eigenvalue weighted by Crippen LogP contribution is 2.31. The summed E-state index contributed by atoms with van der Waals surface area (Å²) in [4.78, 5) is 12.7. The molecule has 3 nitrogen and oxygen atoms in total. The zero-order valence-corrected chi connectivity index (χ0v) is 12.8. The van der Waals surface area contributed by atoms with E-state index in [2.05, 4.69) is 22.6 Å². The molecule has 2 N–H and O–H groups in total. The lowest BCUT2D eigenvalue weighted by Gasteiger charge is -2.06. The fraction of sp³-hybridized carbons (Fsp3) is 0.0714. The van der Waals surface area contributed by atoms with Crippen molar-refractivity contribution in [3.63, 3.8) is 0 Å². The molecule has 0 aliphatic heterocycles. The van der Waals surface area contributed by atoms with Gasteiger partial charge in [-0.15, -0.1) is 0 Å². The Bertz CT molecular complexity index is 596. The van der Waals surface area contributed by atoms with Crippen molar-refractivity contribution in [2.24, 2.45) is 0 Å². The van der Waals surface area contributed by atoms with Crippen molar-refractivity contribution in [2.45, 2.75) is 16.2 Å². The fourth-order valence-electron chi connectivity index (χ4n) is 1.57. The molecule has 0 bridgehead atoms. The van der Waals surface area contributed by atoms with Gasteiger partial charge < -0.3 is 10.2 Å². The van der Waals surface area contributed by atoms with Crippen LogP contribution in [0.5, 0.6) is 5.75 Å². The Balaban J connectivity index is 2.21. The topological polar surface area (TPSA) is 57.5 Å². The van der Waals surface area contributed by atoms with Gasteiger partial charge in [-0.05, 0) is 65.1 Å². The van der Waals surface area contributed by atoms with Crippen LogP contribution in [0.15, 0.2) is 52.3 Å². The standard InChI is InChI=1S/C14H11IO3S/c15-10-1-3-11(4-2-10)19-12-5-6-13(16)9(7-12)8-14(17)18/h1-7,16H,8H2,(H,17,18). The maximum absolute atomic E-state index is 10.7. The molecule has 0 fully saturated rings. The van der Waals surface area contributed by atoms with E-state index in [-0.39, 0.29) is 12.2 Å². The summed E-state index contributed by atoms with van der Waals surface area (Å²) >= 11 is 3.78. The molecule has 0 radical (unpaired) electrons. The summed E-state index contributed by atoms with van der Waals surface area (Å²) < 4.78 is 1.17. The van der Waals surface area contributed by atoms with Crippen molar-refractivity contribution in [3.05, 3.63) is 51.6 Å². The predicted molar refractivity (Wildman–Crippen MR) is 82.7 cm³/mol. The van der Waals surface area contributed by atoms with E-state index in [4.69, 9.17) is 5.11 Å². The molecule has 0 spiro atoms. The smallest absolute Gasteiger partial charge is 0.307 e. The number of hydrogen-bond donors (Lipinski definition) is 2. The summed E-state index contributed by atoms with van der Waals surface area (Å²) in [6.45, 7) is 0. The first-order valence-electron chi connectivity index (χ1n) is 5.52. The predicted octanol–water partition coefficient (Wildman–Crippen LogP) is 3.78. The molecule has 0 saturated heterocycles. The first kappa shape index (κ1) is 14.2. The molecule has 0 aliphatic carbocycles. The number of carboxylic acid groups (broad SMARTS) is 1. The number of aromatic hydroxyl groups is 1. The molecule has 2 aromatic carbocycles. The first-order chi connectivity index (χ1) is 9.04. The second-order valence-corrected chi connectivity index (χ2v) is 6.31. The van der Waals surface area contributed by atoms with Crippen molar-refractivity contribution >= 4 is 40.3 Å². The van der Waals surface area contributed by atoms with Gasteiger partial charge in [0.1, 0.15) is 5.75 Å². The van der Waals surface area contributed by atoms with Crippen LogP contribution in [-0.4, -0.2) is 16.2 Å². The molecule has 19 heavy (non-hydrogen) atoms. The average molecular weight is 386 g/mol. The normalized spacial score (nSPS) is 10.4. The molecule has 2 aromatic rings. The van der Waals surface area contributed by atoms with Crippen molar-refractivity contribution in [1.82, 2.24) is 0 Å². The van der Waals surface area contributed by atoms with Crippen LogP contribution in [0, 0.1) is 3.57 Å². The first-order valence-corrected chi connectivity index (χ1v) is 7.41. The van der Waals surface area contributed by atoms with Gasteiger partial charge in [-0.2, -0.15) is 0 Å².